The minimum absolute atomic E-state index is 0. The molecule has 2 atom stereocenters. The number of carbonyl (C=O) groups excluding carboxylic acids is 1. The molecule has 0 fully saturated rings. The maximum atomic E-state index is 11.2. The van der Waals surface area contributed by atoms with E-state index in [4.69, 9.17) is 37.4 Å². The fourth-order valence-corrected chi connectivity index (χ4v) is 2.19. The Morgan fingerprint density at radius 1 is 0.921 bits per heavy atom. The normalized spacial score (nSPS) is 13.1. The van der Waals surface area contributed by atoms with Gasteiger partial charge in [0.1, 0.15) is 12.7 Å². The van der Waals surface area contributed by atoms with Crippen molar-refractivity contribution in [1.29, 1.82) is 0 Å². The average Bonchev–Trinajstić information content (AvgIpc) is 3.23. The third kappa shape index (κ3) is 35.3. The first-order chi connectivity index (χ1) is 17.8. The second kappa shape index (κ2) is 50.9. The molecule has 0 saturated carbocycles. The number of carbonyl (C=O) groups is 1. The molecule has 10 nitrogen and oxygen atoms in total. The molecule has 0 aliphatic carbocycles. The van der Waals surface area contributed by atoms with Crippen LogP contribution in [0.25, 0.3) is 0 Å². The summed E-state index contributed by atoms with van der Waals surface area (Å²) >= 11 is 0. The van der Waals surface area contributed by atoms with Gasteiger partial charge in [0.25, 0.3) is 0 Å². The van der Waals surface area contributed by atoms with E-state index in [0.717, 1.165) is 18.4 Å². The molecule has 12 heteroatoms. The summed E-state index contributed by atoms with van der Waals surface area (Å²) in [6.45, 7) is 27.9. The standard InChI is InChI=1S/C20H22O4.6CO.2Co/c1-22-20(21)14-13-19-11-6-5-10-18(24-19)12-7-15-23-16-17-8-3-2-4-9-17;6*1-2;;/h2-6,8-9,13-14,18-19H,10-11,15-16H2,1H3;;;;;;;;/b14-13+;;;;;;;;/t18-,19+;;;;;;;;/m1......../s1. The number of rotatable bonds is 5. The van der Waals surface area contributed by atoms with Gasteiger partial charge in [-0.05, 0) is 18.1 Å². The maximum absolute atomic E-state index is 11.2. The van der Waals surface area contributed by atoms with Crippen molar-refractivity contribution < 1.29 is 80.5 Å². The van der Waals surface area contributed by atoms with E-state index in [9.17, 15) is 4.79 Å². The summed E-state index contributed by atoms with van der Waals surface area (Å²) in [5.41, 5.74) is 1.13. The van der Waals surface area contributed by atoms with Crippen LogP contribution in [0.1, 0.15) is 18.4 Å². The number of methoxy groups -OCH3 is 1. The second-order valence-corrected chi connectivity index (χ2v) is 5.29. The van der Waals surface area contributed by atoms with E-state index in [1.54, 1.807) is 6.08 Å². The van der Waals surface area contributed by atoms with Crippen LogP contribution in [0.15, 0.2) is 54.6 Å². The zero-order valence-corrected chi connectivity index (χ0v) is 22.0. The first-order valence-corrected chi connectivity index (χ1v) is 9.17. The van der Waals surface area contributed by atoms with Gasteiger partial charge in [0.15, 0.2) is 0 Å². The van der Waals surface area contributed by atoms with Crippen LogP contribution in [-0.2, 0) is 87.1 Å². The fourth-order valence-electron chi connectivity index (χ4n) is 2.19. The Bertz CT molecular complexity index is 843. The molecule has 2 radical (unpaired) electrons. The van der Waals surface area contributed by atoms with Crippen molar-refractivity contribution in [1.82, 2.24) is 0 Å². The van der Waals surface area contributed by atoms with Gasteiger partial charge in [-0.25, -0.2) is 4.79 Å². The third-order valence-corrected chi connectivity index (χ3v) is 3.42. The van der Waals surface area contributed by atoms with E-state index < -0.39 is 0 Å². The van der Waals surface area contributed by atoms with Crippen LogP contribution in [0.3, 0.4) is 0 Å². The van der Waals surface area contributed by atoms with Gasteiger partial charge in [-0.1, -0.05) is 54.3 Å². The van der Waals surface area contributed by atoms with Crippen molar-refractivity contribution in [3.8, 4) is 11.8 Å². The smallest absolute Gasteiger partial charge is 0 e. The quantitative estimate of drug-likeness (QED) is 0.0951. The van der Waals surface area contributed by atoms with Gasteiger partial charge >= 0.3 is 73.8 Å². The Morgan fingerprint density at radius 3 is 1.92 bits per heavy atom. The van der Waals surface area contributed by atoms with Crippen molar-refractivity contribution in [3.05, 3.63) is 100 Å². The van der Waals surface area contributed by atoms with Crippen molar-refractivity contribution >= 4 is 5.97 Å². The Morgan fingerprint density at radius 2 is 1.42 bits per heavy atom. The summed E-state index contributed by atoms with van der Waals surface area (Å²) in [6.07, 6.45) is 8.27. The molecular weight excluding hydrogens is 590 g/mol. The molecule has 1 aliphatic rings. The number of benzene rings is 1. The average molecular weight is 612 g/mol. The van der Waals surface area contributed by atoms with Crippen LogP contribution >= 0.6 is 0 Å². The minimum Gasteiger partial charge on any atom is 0 e. The molecule has 0 amide bonds. The van der Waals surface area contributed by atoms with Crippen LogP contribution in [0.4, 0.5) is 0 Å². The summed E-state index contributed by atoms with van der Waals surface area (Å²) in [5, 5.41) is 0. The third-order valence-electron chi connectivity index (χ3n) is 3.42. The van der Waals surface area contributed by atoms with E-state index in [-0.39, 0.29) is 51.7 Å². The second-order valence-electron chi connectivity index (χ2n) is 5.29. The molecule has 0 saturated heterocycles. The van der Waals surface area contributed by atoms with E-state index in [1.807, 2.05) is 36.4 Å². The Kier molecular flexibility index (Phi) is 69.2. The topological polar surface area (TPSA) is 164 Å². The monoisotopic (exact) mass is 612 g/mol. The van der Waals surface area contributed by atoms with Gasteiger partial charge < -0.3 is 14.2 Å². The van der Waals surface area contributed by atoms with Crippen molar-refractivity contribution in [2.45, 2.75) is 31.7 Å². The van der Waals surface area contributed by atoms with E-state index in [2.05, 4.69) is 62.6 Å². The summed E-state index contributed by atoms with van der Waals surface area (Å²) in [4.78, 5) is 11.2. The number of ether oxygens (including phenoxy) is 3. The van der Waals surface area contributed by atoms with Gasteiger partial charge in [0.05, 0.1) is 19.8 Å². The number of esters is 1. The van der Waals surface area contributed by atoms with E-state index in [1.165, 1.54) is 13.2 Å². The van der Waals surface area contributed by atoms with Crippen molar-refractivity contribution in [3.63, 3.8) is 0 Å². The predicted octanol–water partition coefficient (Wildman–Crippen LogP) is 2.81. The zero-order chi connectivity index (χ0) is 29.0. The molecule has 0 aromatic heterocycles. The van der Waals surface area contributed by atoms with Crippen molar-refractivity contribution in [2.24, 2.45) is 0 Å². The molecule has 0 spiro atoms. The summed E-state index contributed by atoms with van der Waals surface area (Å²) < 4.78 is 61.0. The summed E-state index contributed by atoms with van der Waals surface area (Å²) in [6, 6.07) is 9.98. The molecule has 38 heavy (non-hydrogen) atoms. The predicted molar refractivity (Wildman–Crippen MR) is 116 cm³/mol. The molecule has 1 heterocycles. The number of hydrogen-bond donors (Lipinski definition) is 0. The summed E-state index contributed by atoms with van der Waals surface area (Å²) in [5.74, 6) is 5.70. The van der Waals surface area contributed by atoms with Crippen LogP contribution in [0.2, 0.25) is 0 Å². The van der Waals surface area contributed by atoms with E-state index >= 15 is 0 Å². The Hall–Kier alpha value is -2.90. The zero-order valence-electron chi connectivity index (χ0n) is 19.9. The SMILES string of the molecule is COC(=O)/C=C/[C@@H]1CC=CC[C@H](C#CCOCc2ccccc2)O1.[C-]#[O+].[C-]#[O+].[C-]#[O+].[C-]#[O+].[C-]#[O+].[C-]#[O+].[Co].[Co]. The van der Waals surface area contributed by atoms with E-state index in [0.29, 0.717) is 13.2 Å². The molecule has 204 valence electrons. The van der Waals surface area contributed by atoms with Crippen molar-refractivity contribution in [2.75, 3.05) is 13.7 Å². The number of hydrogen-bond acceptors (Lipinski definition) is 4. The molecule has 1 aliphatic heterocycles. The maximum Gasteiger partial charge on any atom is 0 e. The molecule has 2 rings (SSSR count). The molecule has 1 aromatic rings. The first kappa shape index (κ1) is 51.7. The molecule has 0 unspecified atom stereocenters. The Labute approximate surface area is 243 Å². The molecule has 0 N–H and O–H groups in total. The van der Waals surface area contributed by atoms with Crippen LogP contribution in [-0.4, -0.2) is 31.9 Å². The van der Waals surface area contributed by atoms with Gasteiger partial charge in [-0.15, -0.1) is 0 Å². The Balaban J connectivity index is -0.000000121. The summed E-state index contributed by atoms with van der Waals surface area (Å²) in [7, 11) is 1.35. The molecule has 1 aromatic carbocycles. The fraction of sp³-hybridized carbons (Fsp3) is 0.269. The largest absolute Gasteiger partial charge is 0 e. The van der Waals surface area contributed by atoms with Crippen LogP contribution < -0.4 is 0 Å². The van der Waals surface area contributed by atoms with Gasteiger partial charge in [0, 0.05) is 46.1 Å². The van der Waals surface area contributed by atoms with Crippen LogP contribution in [0, 0.1) is 51.7 Å². The van der Waals surface area contributed by atoms with Crippen LogP contribution in [0.5, 0.6) is 0 Å². The van der Waals surface area contributed by atoms with Gasteiger partial charge in [-0.2, -0.15) is 0 Å². The van der Waals surface area contributed by atoms with Gasteiger partial charge in [0.2, 0.25) is 0 Å². The van der Waals surface area contributed by atoms with Gasteiger partial charge in [-0.3, -0.25) is 0 Å². The minimum atomic E-state index is -0.385. The molecular formula is C26H22Co2O10. The molecule has 0 bridgehead atoms. The first-order valence-electron chi connectivity index (χ1n) is 9.17.